The zero-order chi connectivity index (χ0) is 13.3. The van der Waals surface area contributed by atoms with Crippen LogP contribution in [0.5, 0.6) is 0 Å². The maximum atomic E-state index is 3.82. The van der Waals surface area contributed by atoms with Crippen molar-refractivity contribution in [2.45, 2.75) is 88.8 Å². The summed E-state index contributed by atoms with van der Waals surface area (Å²) in [4.78, 5) is 0. The lowest BCUT2D eigenvalue weighted by atomic mass is 9.99. The Bertz CT molecular complexity index is 219. The van der Waals surface area contributed by atoms with Crippen LogP contribution in [0, 0.1) is 5.92 Å². The molecule has 2 heteroatoms. The molecule has 1 atom stereocenters. The summed E-state index contributed by atoms with van der Waals surface area (Å²) < 4.78 is 0. The Hall–Kier alpha value is 0.310. The summed E-state index contributed by atoms with van der Waals surface area (Å²) in [5, 5.41) is 4.79. The van der Waals surface area contributed by atoms with Gasteiger partial charge in [0, 0.05) is 17.0 Å². The molecule has 2 rings (SSSR count). The summed E-state index contributed by atoms with van der Waals surface area (Å²) in [6.07, 6.45) is 16.1. The molecule has 2 saturated carbocycles. The van der Waals surface area contributed by atoms with Crippen LogP contribution in [0.1, 0.15) is 77.6 Å². The van der Waals surface area contributed by atoms with Gasteiger partial charge in [0.1, 0.15) is 0 Å². The molecule has 1 unspecified atom stereocenters. The second kappa shape index (κ2) is 9.28. The van der Waals surface area contributed by atoms with Crippen molar-refractivity contribution in [3.05, 3.63) is 0 Å². The maximum Gasteiger partial charge on any atom is 0.0160 e. The van der Waals surface area contributed by atoms with Crippen molar-refractivity contribution >= 4 is 11.8 Å². The van der Waals surface area contributed by atoms with Crippen molar-refractivity contribution in [3.8, 4) is 0 Å². The van der Waals surface area contributed by atoms with Gasteiger partial charge in [0.25, 0.3) is 0 Å². The zero-order valence-electron chi connectivity index (χ0n) is 12.8. The molecule has 19 heavy (non-hydrogen) atoms. The molecule has 0 bridgehead atoms. The highest BCUT2D eigenvalue weighted by Gasteiger charge is 2.21. The molecule has 0 aromatic carbocycles. The molecule has 1 nitrogen and oxygen atoms in total. The lowest BCUT2D eigenvalue weighted by Crippen LogP contribution is -2.34. The van der Waals surface area contributed by atoms with E-state index in [2.05, 4.69) is 24.0 Å². The summed E-state index contributed by atoms with van der Waals surface area (Å²) in [7, 11) is 0. The fourth-order valence-electron chi connectivity index (χ4n) is 3.69. The van der Waals surface area contributed by atoms with E-state index < -0.39 is 0 Å². The minimum absolute atomic E-state index is 0.787. The number of nitrogens with one attached hydrogen (secondary N) is 1. The summed E-state index contributed by atoms with van der Waals surface area (Å²) in [5.41, 5.74) is 0. The average molecular weight is 284 g/mol. The Balaban J connectivity index is 1.68. The summed E-state index contributed by atoms with van der Waals surface area (Å²) in [5.74, 6) is 2.39. The summed E-state index contributed by atoms with van der Waals surface area (Å²) in [6, 6.07) is 0.787. The number of hydrogen-bond acceptors (Lipinski definition) is 2. The fraction of sp³-hybridized carbons (Fsp3) is 1.00. The van der Waals surface area contributed by atoms with Crippen molar-refractivity contribution in [2.24, 2.45) is 5.92 Å². The SMILES string of the molecule is CCCNC(CSC1CCCCC1)CC1CCCC1. The van der Waals surface area contributed by atoms with Crippen LogP contribution < -0.4 is 5.32 Å². The standard InChI is InChI=1S/C17H33NS/c1-2-12-18-16(13-15-8-6-7-9-15)14-19-17-10-4-3-5-11-17/h15-18H,2-14H2,1H3. The molecule has 1 N–H and O–H groups in total. The van der Waals surface area contributed by atoms with Gasteiger partial charge in [-0.1, -0.05) is 51.9 Å². The van der Waals surface area contributed by atoms with Gasteiger partial charge in [-0.3, -0.25) is 0 Å². The van der Waals surface area contributed by atoms with E-state index in [1.54, 1.807) is 0 Å². The molecule has 2 fully saturated rings. The molecule has 112 valence electrons. The Morgan fingerprint density at radius 1 is 1.00 bits per heavy atom. The lowest BCUT2D eigenvalue weighted by Gasteiger charge is -2.26. The molecular weight excluding hydrogens is 250 g/mol. The molecule has 0 aromatic heterocycles. The minimum Gasteiger partial charge on any atom is -0.313 e. The van der Waals surface area contributed by atoms with Gasteiger partial charge in [0.15, 0.2) is 0 Å². The molecule has 0 aliphatic heterocycles. The maximum absolute atomic E-state index is 3.82. The van der Waals surface area contributed by atoms with E-state index in [1.165, 1.54) is 82.9 Å². The molecule has 2 aliphatic carbocycles. The van der Waals surface area contributed by atoms with Crippen molar-refractivity contribution in [3.63, 3.8) is 0 Å². The van der Waals surface area contributed by atoms with Crippen LogP contribution in [-0.4, -0.2) is 23.6 Å². The van der Waals surface area contributed by atoms with Gasteiger partial charge in [-0.25, -0.2) is 0 Å². The average Bonchev–Trinajstić information content (AvgIpc) is 2.96. The minimum atomic E-state index is 0.787. The molecular formula is C17H33NS. The third kappa shape index (κ3) is 6.08. The molecule has 0 amide bonds. The Morgan fingerprint density at radius 2 is 1.68 bits per heavy atom. The smallest absolute Gasteiger partial charge is 0.0160 e. The van der Waals surface area contributed by atoms with E-state index in [1.807, 2.05) is 0 Å². The first-order valence-corrected chi connectivity index (χ1v) is 9.78. The van der Waals surface area contributed by atoms with Crippen LogP contribution in [0.3, 0.4) is 0 Å². The topological polar surface area (TPSA) is 12.0 Å². The Kier molecular flexibility index (Phi) is 7.67. The highest BCUT2D eigenvalue weighted by Crippen LogP contribution is 2.32. The van der Waals surface area contributed by atoms with Crippen molar-refractivity contribution < 1.29 is 0 Å². The molecule has 0 heterocycles. The number of thioether (sulfide) groups is 1. The van der Waals surface area contributed by atoms with Crippen molar-refractivity contribution in [1.82, 2.24) is 5.32 Å². The van der Waals surface area contributed by atoms with E-state index >= 15 is 0 Å². The first-order chi connectivity index (χ1) is 9.38. The first kappa shape index (κ1) is 15.7. The molecule has 0 radical (unpaired) electrons. The predicted octanol–water partition coefficient (Wildman–Crippen LogP) is 5.00. The van der Waals surface area contributed by atoms with Gasteiger partial charge < -0.3 is 5.32 Å². The monoisotopic (exact) mass is 283 g/mol. The third-order valence-corrected chi connectivity index (χ3v) is 6.40. The largest absolute Gasteiger partial charge is 0.313 e. The van der Waals surface area contributed by atoms with Gasteiger partial charge in [-0.15, -0.1) is 0 Å². The van der Waals surface area contributed by atoms with Crippen LogP contribution in [0.2, 0.25) is 0 Å². The summed E-state index contributed by atoms with van der Waals surface area (Å²) in [6.45, 7) is 3.50. The number of hydrogen-bond donors (Lipinski definition) is 1. The van der Waals surface area contributed by atoms with Crippen LogP contribution >= 0.6 is 11.8 Å². The van der Waals surface area contributed by atoms with Gasteiger partial charge in [0.2, 0.25) is 0 Å². The predicted molar refractivity (Wildman–Crippen MR) is 88.0 cm³/mol. The van der Waals surface area contributed by atoms with E-state index in [4.69, 9.17) is 0 Å². The Morgan fingerprint density at radius 3 is 2.37 bits per heavy atom. The molecule has 0 aromatic rings. The van der Waals surface area contributed by atoms with Crippen LogP contribution in [0.4, 0.5) is 0 Å². The van der Waals surface area contributed by atoms with Crippen LogP contribution in [-0.2, 0) is 0 Å². The van der Waals surface area contributed by atoms with Crippen LogP contribution in [0.25, 0.3) is 0 Å². The molecule has 0 spiro atoms. The highest BCUT2D eigenvalue weighted by atomic mass is 32.2. The highest BCUT2D eigenvalue weighted by molar-refractivity contribution is 7.99. The lowest BCUT2D eigenvalue weighted by molar-refractivity contribution is 0.409. The number of rotatable bonds is 8. The second-order valence-corrected chi connectivity index (χ2v) is 7.96. The van der Waals surface area contributed by atoms with E-state index in [-0.39, 0.29) is 0 Å². The van der Waals surface area contributed by atoms with E-state index in [0.29, 0.717) is 0 Å². The third-order valence-electron chi connectivity index (χ3n) is 4.86. The summed E-state index contributed by atoms with van der Waals surface area (Å²) >= 11 is 2.28. The van der Waals surface area contributed by atoms with Gasteiger partial charge in [-0.2, -0.15) is 11.8 Å². The molecule has 0 saturated heterocycles. The first-order valence-electron chi connectivity index (χ1n) is 8.73. The van der Waals surface area contributed by atoms with Crippen molar-refractivity contribution in [2.75, 3.05) is 12.3 Å². The second-order valence-electron chi connectivity index (χ2n) is 6.63. The van der Waals surface area contributed by atoms with Gasteiger partial charge in [-0.05, 0) is 38.1 Å². The quantitative estimate of drug-likeness (QED) is 0.672. The molecule has 2 aliphatic rings. The Labute approximate surface area is 124 Å². The van der Waals surface area contributed by atoms with E-state index in [0.717, 1.165) is 17.2 Å². The van der Waals surface area contributed by atoms with E-state index in [9.17, 15) is 0 Å². The van der Waals surface area contributed by atoms with Gasteiger partial charge in [0.05, 0.1) is 0 Å². The normalized spacial score (nSPS) is 23.8. The van der Waals surface area contributed by atoms with Crippen LogP contribution in [0.15, 0.2) is 0 Å². The van der Waals surface area contributed by atoms with Gasteiger partial charge >= 0.3 is 0 Å². The zero-order valence-corrected chi connectivity index (χ0v) is 13.6. The fourth-order valence-corrected chi connectivity index (χ4v) is 5.12. The van der Waals surface area contributed by atoms with Crippen molar-refractivity contribution in [1.29, 1.82) is 0 Å².